The molecule has 6 heteroatoms. The van der Waals surface area contributed by atoms with Crippen LogP contribution in [0.1, 0.15) is 17.7 Å². The second kappa shape index (κ2) is 6.97. The summed E-state index contributed by atoms with van der Waals surface area (Å²) in [6.07, 6.45) is 3.05. The molecule has 6 nitrogen and oxygen atoms in total. The number of carbonyl (C=O) groups is 2. The van der Waals surface area contributed by atoms with Crippen LogP contribution < -0.4 is 0 Å². The highest BCUT2D eigenvalue weighted by Gasteiger charge is 2.39. The van der Waals surface area contributed by atoms with Crippen LogP contribution in [0.5, 0.6) is 0 Å². The maximum atomic E-state index is 12.5. The molecule has 0 N–H and O–H groups in total. The second-order valence-corrected chi connectivity index (χ2v) is 7.33. The van der Waals surface area contributed by atoms with E-state index in [0.717, 1.165) is 43.9 Å². The van der Waals surface area contributed by atoms with Crippen LogP contribution in [0.4, 0.5) is 0 Å². The van der Waals surface area contributed by atoms with Gasteiger partial charge in [0.15, 0.2) is 0 Å². The van der Waals surface area contributed by atoms with Gasteiger partial charge >= 0.3 is 0 Å². The average molecular weight is 333 g/mol. The number of aryl methyl sites for hydroxylation is 1. The number of amides is 2. The minimum Gasteiger partial charge on any atom is -0.469 e. The Morgan fingerprint density at radius 2 is 2.00 bits per heavy atom. The number of likely N-dealkylation sites (N-methyl/N-ethyl adjacent to an activating group) is 1. The van der Waals surface area contributed by atoms with Gasteiger partial charge in [-0.15, -0.1) is 0 Å². The zero-order chi connectivity index (χ0) is 17.3. The van der Waals surface area contributed by atoms with E-state index in [1.807, 2.05) is 17.9 Å². The third-order valence-electron chi connectivity index (χ3n) is 5.38. The van der Waals surface area contributed by atoms with Crippen LogP contribution in [-0.4, -0.2) is 73.3 Å². The highest BCUT2D eigenvalue weighted by Crippen LogP contribution is 2.31. The molecule has 0 aliphatic carbocycles. The molecule has 2 atom stereocenters. The van der Waals surface area contributed by atoms with Crippen LogP contribution in [0.3, 0.4) is 0 Å². The lowest BCUT2D eigenvalue weighted by Gasteiger charge is -2.34. The molecule has 2 saturated heterocycles. The molecule has 0 radical (unpaired) electrons. The number of nitrogens with zero attached hydrogens (tertiary/aromatic N) is 3. The zero-order valence-electron chi connectivity index (χ0n) is 14.8. The number of furan rings is 1. The lowest BCUT2D eigenvalue weighted by Crippen LogP contribution is -2.44. The molecule has 2 aliphatic heterocycles. The van der Waals surface area contributed by atoms with Crippen molar-refractivity contribution in [3.63, 3.8) is 0 Å². The van der Waals surface area contributed by atoms with E-state index in [1.165, 1.54) is 0 Å². The van der Waals surface area contributed by atoms with E-state index < -0.39 is 0 Å². The van der Waals surface area contributed by atoms with E-state index in [4.69, 9.17) is 4.42 Å². The van der Waals surface area contributed by atoms with Crippen LogP contribution in [-0.2, 0) is 16.0 Å². The van der Waals surface area contributed by atoms with Crippen LogP contribution in [0, 0.1) is 18.8 Å². The number of hydrogen-bond donors (Lipinski definition) is 0. The normalized spacial score (nSPS) is 24.0. The molecule has 2 amide bonds. The first-order valence-corrected chi connectivity index (χ1v) is 8.67. The van der Waals surface area contributed by atoms with Crippen molar-refractivity contribution >= 4 is 11.8 Å². The molecule has 24 heavy (non-hydrogen) atoms. The third kappa shape index (κ3) is 3.64. The Morgan fingerprint density at radius 1 is 1.25 bits per heavy atom. The molecule has 0 unspecified atom stereocenters. The molecule has 3 rings (SSSR count). The van der Waals surface area contributed by atoms with E-state index in [9.17, 15) is 9.59 Å². The summed E-state index contributed by atoms with van der Waals surface area (Å²) in [5.41, 5.74) is 1.04. The molecular weight excluding hydrogens is 306 g/mol. The number of hydrogen-bond acceptors (Lipinski definition) is 4. The van der Waals surface area contributed by atoms with E-state index in [0.29, 0.717) is 24.8 Å². The second-order valence-electron chi connectivity index (χ2n) is 7.33. The summed E-state index contributed by atoms with van der Waals surface area (Å²) in [5.74, 6) is 2.12. The standard InChI is InChI=1S/C18H27N3O3/c1-13-5-7-24-16(13)8-17(22)21-10-14-4-6-20(9-15(14)11-21)12-18(23)19(2)3/h5,7,14-15H,4,6,8-12H2,1-3H3/t14-,15+/m1/s1. The molecule has 2 fully saturated rings. The molecule has 1 aromatic rings. The Morgan fingerprint density at radius 3 is 2.67 bits per heavy atom. The van der Waals surface area contributed by atoms with Crippen molar-refractivity contribution in [1.29, 1.82) is 0 Å². The Balaban J connectivity index is 1.54. The van der Waals surface area contributed by atoms with Gasteiger partial charge in [0.1, 0.15) is 5.76 Å². The van der Waals surface area contributed by atoms with Crippen molar-refractivity contribution in [2.45, 2.75) is 19.8 Å². The first-order valence-electron chi connectivity index (χ1n) is 8.67. The van der Waals surface area contributed by atoms with Crippen molar-refractivity contribution in [1.82, 2.24) is 14.7 Å². The molecule has 132 valence electrons. The van der Waals surface area contributed by atoms with Gasteiger partial charge in [0.05, 0.1) is 19.2 Å². The van der Waals surface area contributed by atoms with Crippen molar-refractivity contribution < 1.29 is 14.0 Å². The number of carbonyl (C=O) groups excluding carboxylic acids is 2. The highest BCUT2D eigenvalue weighted by molar-refractivity contribution is 5.79. The van der Waals surface area contributed by atoms with Gasteiger partial charge in [-0.25, -0.2) is 0 Å². The molecule has 2 aliphatic rings. The summed E-state index contributed by atoms with van der Waals surface area (Å²) in [4.78, 5) is 30.3. The average Bonchev–Trinajstić information content (AvgIpc) is 3.13. The van der Waals surface area contributed by atoms with Crippen LogP contribution >= 0.6 is 0 Å². The SMILES string of the molecule is Cc1ccoc1CC(=O)N1C[C@H]2CCN(CC(=O)N(C)C)C[C@H]2C1. The first kappa shape index (κ1) is 17.0. The Bertz CT molecular complexity index is 610. The van der Waals surface area contributed by atoms with Gasteiger partial charge in [0.2, 0.25) is 11.8 Å². The fourth-order valence-corrected chi connectivity index (χ4v) is 3.76. The van der Waals surface area contributed by atoms with Crippen molar-refractivity contribution in [3.8, 4) is 0 Å². The van der Waals surface area contributed by atoms with E-state index in [1.54, 1.807) is 25.3 Å². The number of fused-ring (bicyclic) bond motifs is 1. The van der Waals surface area contributed by atoms with Crippen LogP contribution in [0.2, 0.25) is 0 Å². The molecule has 0 aromatic carbocycles. The minimum absolute atomic E-state index is 0.146. The summed E-state index contributed by atoms with van der Waals surface area (Å²) in [6.45, 7) is 5.95. The Kier molecular flexibility index (Phi) is 4.94. The molecule has 0 spiro atoms. The Hall–Kier alpha value is -1.82. The molecular formula is C18H27N3O3. The first-order chi connectivity index (χ1) is 11.4. The molecule has 1 aromatic heterocycles. The highest BCUT2D eigenvalue weighted by atomic mass is 16.3. The van der Waals surface area contributed by atoms with Gasteiger partial charge in [0, 0.05) is 33.7 Å². The summed E-state index contributed by atoms with van der Waals surface area (Å²) in [5, 5.41) is 0. The van der Waals surface area contributed by atoms with Crippen LogP contribution in [0.25, 0.3) is 0 Å². The largest absolute Gasteiger partial charge is 0.469 e. The van der Waals surface area contributed by atoms with E-state index in [-0.39, 0.29) is 11.8 Å². The quantitative estimate of drug-likeness (QED) is 0.825. The smallest absolute Gasteiger partial charge is 0.236 e. The van der Waals surface area contributed by atoms with Crippen molar-refractivity contribution in [3.05, 3.63) is 23.7 Å². The third-order valence-corrected chi connectivity index (χ3v) is 5.38. The Labute approximate surface area is 143 Å². The maximum absolute atomic E-state index is 12.5. The summed E-state index contributed by atoms with van der Waals surface area (Å²) in [6, 6.07) is 1.89. The predicted molar refractivity (Wildman–Crippen MR) is 90.5 cm³/mol. The summed E-state index contributed by atoms with van der Waals surface area (Å²) < 4.78 is 5.40. The van der Waals surface area contributed by atoms with Gasteiger partial charge in [-0.2, -0.15) is 0 Å². The number of piperidine rings is 1. The minimum atomic E-state index is 0.146. The van der Waals surface area contributed by atoms with Gasteiger partial charge in [-0.1, -0.05) is 0 Å². The molecule has 0 bridgehead atoms. The topological polar surface area (TPSA) is 57.0 Å². The van der Waals surface area contributed by atoms with Gasteiger partial charge in [0.25, 0.3) is 0 Å². The lowest BCUT2D eigenvalue weighted by molar-refractivity contribution is -0.131. The maximum Gasteiger partial charge on any atom is 0.236 e. The zero-order valence-corrected chi connectivity index (χ0v) is 14.8. The summed E-state index contributed by atoms with van der Waals surface area (Å²) in [7, 11) is 3.59. The summed E-state index contributed by atoms with van der Waals surface area (Å²) >= 11 is 0. The van der Waals surface area contributed by atoms with Gasteiger partial charge in [-0.3, -0.25) is 14.5 Å². The predicted octanol–water partition coefficient (Wildman–Crippen LogP) is 0.999. The number of likely N-dealkylation sites (tertiary alicyclic amines) is 2. The van der Waals surface area contributed by atoms with Crippen LogP contribution in [0.15, 0.2) is 16.7 Å². The monoisotopic (exact) mass is 333 g/mol. The van der Waals surface area contributed by atoms with Crippen molar-refractivity contribution in [2.75, 3.05) is 46.8 Å². The van der Waals surface area contributed by atoms with Gasteiger partial charge < -0.3 is 14.2 Å². The molecule has 3 heterocycles. The number of rotatable bonds is 4. The van der Waals surface area contributed by atoms with Gasteiger partial charge in [-0.05, 0) is 43.4 Å². The van der Waals surface area contributed by atoms with E-state index >= 15 is 0 Å². The lowest BCUT2D eigenvalue weighted by atomic mass is 9.89. The fourth-order valence-electron chi connectivity index (χ4n) is 3.76. The fraction of sp³-hybridized carbons (Fsp3) is 0.667. The van der Waals surface area contributed by atoms with E-state index in [2.05, 4.69) is 4.90 Å². The van der Waals surface area contributed by atoms with Crippen molar-refractivity contribution in [2.24, 2.45) is 11.8 Å². The molecule has 0 saturated carbocycles.